The van der Waals surface area contributed by atoms with Gasteiger partial charge in [0, 0.05) is 64.0 Å². The molecule has 0 saturated heterocycles. The lowest BCUT2D eigenvalue weighted by Gasteiger charge is -2.21. The minimum absolute atomic E-state index is 0.147. The van der Waals surface area contributed by atoms with Crippen molar-refractivity contribution in [1.82, 2.24) is 14.5 Å². The van der Waals surface area contributed by atoms with Gasteiger partial charge in [-0.05, 0) is 69.4 Å². The zero-order valence-corrected chi connectivity index (χ0v) is 35.9. The molecule has 0 bridgehead atoms. The number of benzene rings is 9. The summed E-state index contributed by atoms with van der Waals surface area (Å²) in [5.74, 6) is 0.650. The number of furan rings is 1. The first kappa shape index (κ1) is 35.7. The van der Waals surface area contributed by atoms with Crippen LogP contribution in [-0.4, -0.2) is 14.5 Å². The number of aromatic nitrogens is 3. The monoisotopic (exact) mass is 835 g/mol. The van der Waals surface area contributed by atoms with Gasteiger partial charge >= 0.3 is 0 Å². The Morgan fingerprint density at radius 3 is 2.08 bits per heavy atom. The number of nitrogens with zero attached hydrogens (tertiary/aromatic N) is 3. The third-order valence-electron chi connectivity index (χ3n) is 13.8. The maximum atomic E-state index is 7.08. The highest BCUT2D eigenvalue weighted by atomic mass is 32.1. The van der Waals surface area contributed by atoms with Crippen molar-refractivity contribution in [2.45, 2.75) is 19.3 Å². The highest BCUT2D eigenvalue weighted by molar-refractivity contribution is 7.26. The second-order valence-corrected chi connectivity index (χ2v) is 18.7. The second-order valence-electron chi connectivity index (χ2n) is 17.7. The molecule has 13 aromatic rings. The third kappa shape index (κ3) is 4.93. The van der Waals surface area contributed by atoms with Crippen molar-refractivity contribution in [3.63, 3.8) is 0 Å². The van der Waals surface area contributed by atoms with Crippen LogP contribution in [-0.2, 0) is 5.41 Å². The van der Waals surface area contributed by atoms with Crippen molar-refractivity contribution in [2.24, 2.45) is 0 Å². The third-order valence-corrected chi connectivity index (χ3v) is 15.0. The van der Waals surface area contributed by atoms with E-state index in [4.69, 9.17) is 14.4 Å². The lowest BCUT2D eigenvalue weighted by molar-refractivity contribution is 0.654. The van der Waals surface area contributed by atoms with Gasteiger partial charge in [0.05, 0.1) is 27.8 Å². The van der Waals surface area contributed by atoms with E-state index >= 15 is 0 Å². The molecule has 4 aromatic heterocycles. The Morgan fingerprint density at radius 1 is 0.484 bits per heavy atom. The van der Waals surface area contributed by atoms with Crippen LogP contribution in [0.15, 0.2) is 192 Å². The van der Waals surface area contributed by atoms with Gasteiger partial charge in [-0.15, -0.1) is 11.3 Å². The van der Waals surface area contributed by atoms with Crippen molar-refractivity contribution in [3.05, 3.63) is 199 Å². The Balaban J connectivity index is 1.01. The highest BCUT2D eigenvalue weighted by Gasteiger charge is 2.35. The Hall–Kier alpha value is -7.86. The molecule has 4 heterocycles. The second kappa shape index (κ2) is 13.1. The Morgan fingerprint density at radius 2 is 1.19 bits per heavy atom. The summed E-state index contributed by atoms with van der Waals surface area (Å²) < 4.78 is 12.0. The van der Waals surface area contributed by atoms with Gasteiger partial charge in [-0.25, -0.2) is 4.98 Å². The first-order chi connectivity index (χ1) is 31.5. The molecule has 0 aliphatic heterocycles. The van der Waals surface area contributed by atoms with Crippen LogP contribution in [0.25, 0.3) is 125 Å². The zero-order valence-electron chi connectivity index (χ0n) is 35.1. The highest BCUT2D eigenvalue weighted by Crippen LogP contribution is 2.51. The summed E-state index contributed by atoms with van der Waals surface area (Å²) in [5, 5.41) is 9.36. The van der Waals surface area contributed by atoms with E-state index < -0.39 is 0 Å². The first-order valence-electron chi connectivity index (χ1n) is 21.9. The molecule has 0 saturated carbocycles. The topological polar surface area (TPSA) is 43.9 Å². The normalized spacial score (nSPS) is 13.3. The summed E-state index contributed by atoms with van der Waals surface area (Å²) in [7, 11) is 0. The van der Waals surface area contributed by atoms with Crippen molar-refractivity contribution < 1.29 is 4.42 Å². The lowest BCUT2D eigenvalue weighted by atomic mass is 9.82. The van der Waals surface area contributed by atoms with Gasteiger partial charge in [0.25, 0.3) is 0 Å². The number of fused-ring (bicyclic) bond motifs is 13. The van der Waals surface area contributed by atoms with Gasteiger partial charge < -0.3 is 8.98 Å². The molecule has 64 heavy (non-hydrogen) atoms. The molecule has 0 fully saturated rings. The predicted octanol–water partition coefficient (Wildman–Crippen LogP) is 16.3. The van der Waals surface area contributed by atoms with Crippen LogP contribution in [0.2, 0.25) is 0 Å². The standard InChI is InChI=1S/C59H37N3OS/c1-59(2)46-24-11-8-19-38(46)39-28-27-37(32-47(39)59)57-60-54(34-15-4-3-5-16-34)53-44-23-14-22-41(55(44)63-58(53)61-57)42-29-30-49(52-43-21-10-13-26-51(43)64-56(42)52)62-48-25-12-9-20-40(48)45-31-35-17-6-7-18-36(35)33-50(45)62/h3-33H,1-2H3. The number of thiophene rings is 1. The van der Waals surface area contributed by atoms with E-state index in [0.717, 1.165) is 50.0 Å². The number of hydrogen-bond acceptors (Lipinski definition) is 4. The van der Waals surface area contributed by atoms with Gasteiger partial charge in [-0.2, -0.15) is 4.98 Å². The zero-order chi connectivity index (χ0) is 42.3. The number of hydrogen-bond donors (Lipinski definition) is 0. The van der Waals surface area contributed by atoms with E-state index in [1.54, 1.807) is 0 Å². The maximum absolute atomic E-state index is 7.08. The molecule has 0 amide bonds. The van der Waals surface area contributed by atoms with Gasteiger partial charge in [-0.3, -0.25) is 0 Å². The molecule has 9 aromatic carbocycles. The molecule has 0 N–H and O–H groups in total. The molecule has 0 atom stereocenters. The summed E-state index contributed by atoms with van der Waals surface area (Å²) in [5.41, 5.74) is 15.0. The van der Waals surface area contributed by atoms with Crippen LogP contribution in [0.1, 0.15) is 25.0 Å². The molecular weight excluding hydrogens is 799 g/mol. The molecule has 300 valence electrons. The van der Waals surface area contributed by atoms with Crippen molar-refractivity contribution >= 4 is 86.2 Å². The lowest BCUT2D eigenvalue weighted by Crippen LogP contribution is -2.15. The fourth-order valence-corrected chi connectivity index (χ4v) is 12.1. The number of para-hydroxylation sites is 2. The summed E-state index contributed by atoms with van der Waals surface area (Å²) >= 11 is 1.85. The first-order valence-corrected chi connectivity index (χ1v) is 22.7. The van der Waals surface area contributed by atoms with Crippen LogP contribution < -0.4 is 0 Å². The largest absolute Gasteiger partial charge is 0.437 e. The van der Waals surface area contributed by atoms with Crippen LogP contribution in [0.3, 0.4) is 0 Å². The van der Waals surface area contributed by atoms with Gasteiger partial charge in [0.15, 0.2) is 5.82 Å². The smallest absolute Gasteiger partial charge is 0.231 e. The molecule has 0 spiro atoms. The van der Waals surface area contributed by atoms with E-state index in [2.05, 4.69) is 206 Å². The molecular formula is C59H37N3OS. The van der Waals surface area contributed by atoms with Gasteiger partial charge in [0.1, 0.15) is 5.58 Å². The van der Waals surface area contributed by atoms with E-state index in [9.17, 15) is 0 Å². The Bertz CT molecular complexity index is 4110. The van der Waals surface area contributed by atoms with Crippen molar-refractivity contribution in [2.75, 3.05) is 0 Å². The molecule has 1 aliphatic rings. The van der Waals surface area contributed by atoms with Crippen LogP contribution in [0.5, 0.6) is 0 Å². The maximum Gasteiger partial charge on any atom is 0.231 e. The van der Waals surface area contributed by atoms with Gasteiger partial charge in [-0.1, -0.05) is 166 Å². The van der Waals surface area contributed by atoms with Gasteiger partial charge in [0.2, 0.25) is 5.71 Å². The van der Waals surface area contributed by atoms with Crippen LogP contribution in [0, 0.1) is 0 Å². The average Bonchev–Trinajstić information content (AvgIpc) is 4.07. The fourth-order valence-electron chi connectivity index (χ4n) is 10.8. The summed E-state index contributed by atoms with van der Waals surface area (Å²) in [6.45, 7) is 4.62. The predicted molar refractivity (Wildman–Crippen MR) is 268 cm³/mol. The molecule has 5 heteroatoms. The molecule has 0 radical (unpaired) electrons. The van der Waals surface area contributed by atoms with E-state index in [1.807, 2.05) is 11.3 Å². The van der Waals surface area contributed by atoms with E-state index in [-0.39, 0.29) is 5.41 Å². The van der Waals surface area contributed by atoms with Crippen molar-refractivity contribution in [1.29, 1.82) is 0 Å². The summed E-state index contributed by atoms with van der Waals surface area (Å²) in [4.78, 5) is 10.7. The summed E-state index contributed by atoms with van der Waals surface area (Å²) in [6.07, 6.45) is 0. The molecule has 0 unspecified atom stereocenters. The van der Waals surface area contributed by atoms with E-state index in [1.165, 1.54) is 75.0 Å². The van der Waals surface area contributed by atoms with Crippen LogP contribution in [0.4, 0.5) is 0 Å². The summed E-state index contributed by atoms with van der Waals surface area (Å²) in [6, 6.07) is 68.1. The minimum Gasteiger partial charge on any atom is -0.437 e. The Kier molecular flexibility index (Phi) is 7.30. The minimum atomic E-state index is -0.147. The van der Waals surface area contributed by atoms with E-state index in [0.29, 0.717) is 11.5 Å². The number of rotatable bonds is 4. The van der Waals surface area contributed by atoms with Crippen LogP contribution >= 0.6 is 11.3 Å². The average molecular weight is 836 g/mol. The Labute approximate surface area is 372 Å². The fraction of sp³-hybridized carbons (Fsp3) is 0.0508. The molecule has 1 aliphatic carbocycles. The quantitative estimate of drug-likeness (QED) is 0.177. The van der Waals surface area contributed by atoms with Crippen molar-refractivity contribution in [3.8, 4) is 50.6 Å². The molecule has 4 nitrogen and oxygen atoms in total. The SMILES string of the molecule is CC1(C)c2ccccc2-c2ccc(-c3nc(-c4ccccc4)c4c(n3)oc3c(-c5ccc(-n6c7ccccc7c7cc8ccccc8cc76)c6c5sc5ccccc56)cccc34)cc21. The molecule has 14 rings (SSSR count).